The summed E-state index contributed by atoms with van der Waals surface area (Å²) in [6.07, 6.45) is -1.61. The van der Waals surface area contributed by atoms with E-state index in [-0.39, 0.29) is 16.8 Å². The van der Waals surface area contributed by atoms with Gasteiger partial charge in [-0.2, -0.15) is 13.2 Å². The predicted molar refractivity (Wildman–Crippen MR) is 95.3 cm³/mol. The molecule has 0 saturated heterocycles. The third kappa shape index (κ3) is 3.09. The molecule has 0 aliphatic rings. The second kappa shape index (κ2) is 6.67. The van der Waals surface area contributed by atoms with Crippen molar-refractivity contribution in [3.63, 3.8) is 0 Å². The van der Waals surface area contributed by atoms with Crippen LogP contribution in [0.1, 0.15) is 5.56 Å². The highest BCUT2D eigenvalue weighted by atomic mass is 19.4. The quantitative estimate of drug-likeness (QED) is 0.380. The Labute approximate surface area is 156 Å². The molecule has 140 valence electrons. The Kier molecular flexibility index (Phi) is 4.30. The lowest BCUT2D eigenvalue weighted by molar-refractivity contribution is -0.137. The zero-order valence-electron chi connectivity index (χ0n) is 14.1. The first kappa shape index (κ1) is 18.0. The Bertz CT molecular complexity index is 1150. The molecule has 0 saturated carbocycles. The fourth-order valence-corrected chi connectivity index (χ4v) is 3.08. The van der Waals surface area contributed by atoms with E-state index in [2.05, 4.69) is 9.97 Å². The van der Waals surface area contributed by atoms with Crippen molar-refractivity contribution >= 4 is 10.9 Å². The molecule has 0 unspecified atom stereocenters. The van der Waals surface area contributed by atoms with Gasteiger partial charge in [0.05, 0.1) is 16.6 Å². The van der Waals surface area contributed by atoms with Gasteiger partial charge >= 0.3 is 6.18 Å². The van der Waals surface area contributed by atoms with Gasteiger partial charge < -0.3 is 0 Å². The normalized spacial score (nSPS) is 11.8. The highest BCUT2D eigenvalue weighted by Gasteiger charge is 2.30. The molecule has 0 bridgehead atoms. The van der Waals surface area contributed by atoms with Crippen molar-refractivity contribution < 1.29 is 22.0 Å². The molecule has 2 nitrogen and oxygen atoms in total. The first-order valence-corrected chi connectivity index (χ1v) is 8.22. The number of aromatic nitrogens is 2. The van der Waals surface area contributed by atoms with Crippen LogP contribution in [-0.4, -0.2) is 9.97 Å². The van der Waals surface area contributed by atoms with Gasteiger partial charge in [-0.05, 0) is 47.5 Å². The van der Waals surface area contributed by atoms with Crippen LogP contribution in [0.2, 0.25) is 0 Å². The van der Waals surface area contributed by atoms with E-state index in [0.29, 0.717) is 16.5 Å². The van der Waals surface area contributed by atoms with E-state index in [1.165, 1.54) is 30.6 Å². The van der Waals surface area contributed by atoms with Gasteiger partial charge in [0.2, 0.25) is 0 Å². The summed E-state index contributed by atoms with van der Waals surface area (Å²) >= 11 is 0. The summed E-state index contributed by atoms with van der Waals surface area (Å²) in [5.74, 6) is -1.55. The van der Waals surface area contributed by atoms with Crippen molar-refractivity contribution in [2.75, 3.05) is 0 Å². The molecule has 0 amide bonds. The van der Waals surface area contributed by atoms with E-state index in [4.69, 9.17) is 0 Å². The molecule has 2 aromatic carbocycles. The molecule has 2 aromatic heterocycles. The standard InChI is InChI=1S/C21H11F5N2/c22-16-2-1-3-17(23)18(16)20-19-15(9-11-28-20)14(8-10-27-19)12-4-6-13(7-5-12)21(24,25)26/h1-11H. The van der Waals surface area contributed by atoms with Crippen molar-refractivity contribution in [1.29, 1.82) is 0 Å². The summed E-state index contributed by atoms with van der Waals surface area (Å²) in [5, 5.41) is 0.523. The number of alkyl halides is 3. The summed E-state index contributed by atoms with van der Waals surface area (Å²) in [7, 11) is 0. The van der Waals surface area contributed by atoms with E-state index in [0.717, 1.165) is 24.3 Å². The van der Waals surface area contributed by atoms with Crippen LogP contribution in [0.15, 0.2) is 67.0 Å². The fourth-order valence-electron chi connectivity index (χ4n) is 3.08. The predicted octanol–water partition coefficient (Wildman–Crippen LogP) is 6.26. The van der Waals surface area contributed by atoms with Crippen LogP contribution < -0.4 is 0 Å². The molecule has 0 atom stereocenters. The Balaban J connectivity index is 1.91. The molecule has 2 heterocycles. The molecule has 0 aliphatic heterocycles. The van der Waals surface area contributed by atoms with Gasteiger partial charge in [-0.1, -0.05) is 18.2 Å². The summed E-state index contributed by atoms with van der Waals surface area (Å²) in [6.45, 7) is 0. The van der Waals surface area contributed by atoms with Crippen LogP contribution in [-0.2, 0) is 6.18 Å². The van der Waals surface area contributed by atoms with E-state index < -0.39 is 23.4 Å². The number of nitrogens with zero attached hydrogens (tertiary/aromatic N) is 2. The topological polar surface area (TPSA) is 25.8 Å². The van der Waals surface area contributed by atoms with Crippen LogP contribution in [0.4, 0.5) is 22.0 Å². The van der Waals surface area contributed by atoms with Crippen molar-refractivity contribution in [3.8, 4) is 22.4 Å². The third-order valence-electron chi connectivity index (χ3n) is 4.38. The van der Waals surface area contributed by atoms with Gasteiger partial charge in [-0.15, -0.1) is 0 Å². The number of rotatable bonds is 2. The van der Waals surface area contributed by atoms with Crippen molar-refractivity contribution in [3.05, 3.63) is 84.2 Å². The minimum Gasteiger partial charge on any atom is -0.254 e. The molecule has 0 radical (unpaired) electrons. The van der Waals surface area contributed by atoms with E-state index in [1.807, 2.05) is 0 Å². The lowest BCUT2D eigenvalue weighted by atomic mass is 9.98. The monoisotopic (exact) mass is 386 g/mol. The van der Waals surface area contributed by atoms with Crippen LogP contribution >= 0.6 is 0 Å². The second-order valence-electron chi connectivity index (χ2n) is 6.09. The first-order chi connectivity index (χ1) is 13.4. The van der Waals surface area contributed by atoms with E-state index in [1.54, 1.807) is 12.1 Å². The smallest absolute Gasteiger partial charge is 0.254 e. The minimum absolute atomic E-state index is 0.0295. The van der Waals surface area contributed by atoms with Crippen molar-refractivity contribution in [2.45, 2.75) is 6.18 Å². The molecule has 4 aromatic rings. The third-order valence-corrected chi connectivity index (χ3v) is 4.38. The van der Waals surface area contributed by atoms with Crippen LogP contribution in [0.5, 0.6) is 0 Å². The Hall–Kier alpha value is -3.35. The second-order valence-corrected chi connectivity index (χ2v) is 6.09. The number of pyridine rings is 2. The van der Waals surface area contributed by atoms with Gasteiger partial charge in [0, 0.05) is 17.8 Å². The number of fused-ring (bicyclic) bond motifs is 1. The number of hydrogen-bond donors (Lipinski definition) is 0. The van der Waals surface area contributed by atoms with Crippen molar-refractivity contribution in [2.24, 2.45) is 0 Å². The summed E-state index contributed by atoms with van der Waals surface area (Å²) in [5.41, 5.74) is 0.326. The van der Waals surface area contributed by atoms with Gasteiger partial charge in [-0.25, -0.2) is 8.78 Å². The number of halogens is 5. The zero-order valence-corrected chi connectivity index (χ0v) is 14.1. The maximum absolute atomic E-state index is 14.2. The van der Waals surface area contributed by atoms with Crippen LogP contribution in [0, 0.1) is 11.6 Å². The highest BCUT2D eigenvalue weighted by molar-refractivity contribution is 6.00. The van der Waals surface area contributed by atoms with Crippen molar-refractivity contribution in [1.82, 2.24) is 9.97 Å². The molecular formula is C21H11F5N2. The molecule has 28 heavy (non-hydrogen) atoms. The molecule has 7 heteroatoms. The number of hydrogen-bond acceptors (Lipinski definition) is 2. The summed E-state index contributed by atoms with van der Waals surface area (Å²) in [4.78, 5) is 8.30. The minimum atomic E-state index is -4.43. The Morgan fingerprint density at radius 1 is 0.714 bits per heavy atom. The maximum Gasteiger partial charge on any atom is 0.416 e. The summed E-state index contributed by atoms with van der Waals surface area (Å²) < 4.78 is 66.9. The Morgan fingerprint density at radius 2 is 1.36 bits per heavy atom. The largest absolute Gasteiger partial charge is 0.416 e. The van der Waals surface area contributed by atoms with Gasteiger partial charge in [0.1, 0.15) is 17.3 Å². The van der Waals surface area contributed by atoms with Gasteiger partial charge in [-0.3, -0.25) is 9.97 Å². The molecule has 0 aliphatic carbocycles. The van der Waals surface area contributed by atoms with Crippen LogP contribution in [0.25, 0.3) is 33.3 Å². The molecule has 0 spiro atoms. The fraction of sp³-hybridized carbons (Fsp3) is 0.0476. The molecule has 0 fully saturated rings. The van der Waals surface area contributed by atoms with E-state index >= 15 is 0 Å². The first-order valence-electron chi connectivity index (χ1n) is 8.22. The van der Waals surface area contributed by atoms with Gasteiger partial charge in [0.15, 0.2) is 0 Å². The highest BCUT2D eigenvalue weighted by Crippen LogP contribution is 2.35. The maximum atomic E-state index is 14.2. The lowest BCUT2D eigenvalue weighted by Gasteiger charge is -2.12. The lowest BCUT2D eigenvalue weighted by Crippen LogP contribution is -2.04. The molecule has 4 rings (SSSR count). The summed E-state index contributed by atoms with van der Waals surface area (Å²) in [6, 6.07) is 11.4. The molecule has 0 N–H and O–H groups in total. The van der Waals surface area contributed by atoms with Crippen LogP contribution in [0.3, 0.4) is 0 Å². The Morgan fingerprint density at radius 3 is 2.00 bits per heavy atom. The number of benzene rings is 2. The van der Waals surface area contributed by atoms with E-state index in [9.17, 15) is 22.0 Å². The average molecular weight is 386 g/mol. The average Bonchev–Trinajstić information content (AvgIpc) is 2.67. The zero-order chi connectivity index (χ0) is 19.9. The SMILES string of the molecule is Fc1cccc(F)c1-c1nccc2c(-c3ccc(C(F)(F)F)cc3)ccnc12. The molecular weight excluding hydrogens is 375 g/mol. The van der Waals surface area contributed by atoms with Gasteiger partial charge in [0.25, 0.3) is 0 Å².